The number of carbonyl (C=O) groups excluding carboxylic acids is 1. The number of aryl methyl sites for hydroxylation is 2. The largest absolute Gasteiger partial charge is 0.372 e. The summed E-state index contributed by atoms with van der Waals surface area (Å²) in [4.78, 5) is 23.8. The predicted octanol–water partition coefficient (Wildman–Crippen LogP) is 5.18. The van der Waals surface area contributed by atoms with Crippen LogP contribution in [0.5, 0.6) is 0 Å². The van der Waals surface area contributed by atoms with Crippen LogP contribution < -0.4 is 10.6 Å². The number of carbonyl (C=O) groups is 1. The van der Waals surface area contributed by atoms with Crippen molar-refractivity contribution in [2.24, 2.45) is 0 Å². The average molecular weight is 494 g/mol. The highest BCUT2D eigenvalue weighted by Crippen LogP contribution is 2.32. The summed E-state index contributed by atoms with van der Waals surface area (Å²) in [6.07, 6.45) is 9.95. The highest BCUT2D eigenvalue weighted by Gasteiger charge is 2.33. The quantitative estimate of drug-likeness (QED) is 0.440. The third-order valence-electron chi connectivity index (χ3n) is 6.77. The molecule has 1 aliphatic heterocycles. The number of amides is 2. The van der Waals surface area contributed by atoms with E-state index in [9.17, 15) is 4.79 Å². The molecule has 36 heavy (non-hydrogen) atoms. The van der Waals surface area contributed by atoms with Gasteiger partial charge in [0.05, 0.1) is 48.9 Å². The van der Waals surface area contributed by atoms with E-state index >= 15 is 0 Å². The third-order valence-corrected chi connectivity index (χ3v) is 6.77. The number of benzene rings is 1. The Kier molecular flexibility index (Phi) is 7.18. The summed E-state index contributed by atoms with van der Waals surface area (Å²) >= 11 is 0. The zero-order chi connectivity index (χ0) is 25.1. The number of urea groups is 1. The summed E-state index contributed by atoms with van der Waals surface area (Å²) < 4.78 is 7.65. The molecule has 1 aliphatic carbocycles. The molecule has 194 valence electrons. The first-order valence-electron chi connectivity index (χ1n) is 12.9. The Bertz CT molecular complexity index is 1210. The van der Waals surface area contributed by atoms with Gasteiger partial charge in [-0.05, 0) is 63.3 Å². The van der Waals surface area contributed by atoms with E-state index in [0.29, 0.717) is 19.0 Å². The molecule has 2 aliphatic rings. The van der Waals surface area contributed by atoms with Gasteiger partial charge in [0.2, 0.25) is 5.95 Å². The fourth-order valence-corrected chi connectivity index (χ4v) is 4.92. The molecular weight excluding hydrogens is 454 g/mol. The van der Waals surface area contributed by atoms with Crippen molar-refractivity contribution < 1.29 is 12.4 Å². The maximum atomic E-state index is 12.9. The van der Waals surface area contributed by atoms with Crippen LogP contribution in [0.3, 0.4) is 0 Å². The van der Waals surface area contributed by atoms with Crippen molar-refractivity contribution in [3.63, 3.8) is 0 Å². The van der Waals surface area contributed by atoms with E-state index < -0.39 is 0 Å². The summed E-state index contributed by atoms with van der Waals surface area (Å²) in [7, 11) is 0. The zero-order valence-corrected chi connectivity index (χ0v) is 21.3. The van der Waals surface area contributed by atoms with Crippen molar-refractivity contribution in [2.45, 2.75) is 71.2 Å². The number of aromatic nitrogens is 4. The first-order chi connectivity index (χ1) is 17.5. The van der Waals surface area contributed by atoms with Gasteiger partial charge in [-0.25, -0.2) is 14.8 Å². The van der Waals surface area contributed by atoms with E-state index in [1.807, 2.05) is 42.6 Å². The van der Waals surface area contributed by atoms with Gasteiger partial charge in [0.1, 0.15) is 0 Å². The molecule has 0 radical (unpaired) electrons. The maximum absolute atomic E-state index is 12.9. The van der Waals surface area contributed by atoms with Crippen molar-refractivity contribution in [2.75, 3.05) is 18.4 Å². The summed E-state index contributed by atoms with van der Waals surface area (Å²) in [5.74, 6) is 0.539. The van der Waals surface area contributed by atoms with Gasteiger partial charge in [-0.2, -0.15) is 5.10 Å². The Morgan fingerprint density at radius 2 is 2.11 bits per heavy atom. The second-order valence-corrected chi connectivity index (χ2v) is 9.85. The maximum Gasteiger partial charge on any atom is 0.318 e. The first kappa shape index (κ1) is 24.2. The van der Waals surface area contributed by atoms with Crippen molar-refractivity contribution in [1.82, 2.24) is 30.0 Å². The molecule has 9 heteroatoms. The second-order valence-electron chi connectivity index (χ2n) is 9.85. The number of fused-ring (bicyclic) bond motifs is 1. The fourth-order valence-electron chi connectivity index (χ4n) is 4.92. The number of likely N-dealkylation sites (tertiary alicyclic amines) is 1. The summed E-state index contributed by atoms with van der Waals surface area (Å²) in [6, 6.07) is 8.42. The van der Waals surface area contributed by atoms with Crippen LogP contribution in [-0.2, 0) is 17.7 Å². The Hall–Kier alpha value is -3.46. The van der Waals surface area contributed by atoms with E-state index in [-0.39, 0.29) is 27.1 Å². The Morgan fingerprint density at radius 3 is 2.89 bits per heavy atom. The Morgan fingerprint density at radius 1 is 1.25 bits per heavy atom. The van der Waals surface area contributed by atoms with Gasteiger partial charge < -0.3 is 20.3 Å². The van der Waals surface area contributed by atoms with Crippen LogP contribution in [0.25, 0.3) is 11.3 Å². The van der Waals surface area contributed by atoms with E-state index in [4.69, 9.17) is 9.72 Å². The zero-order valence-electron chi connectivity index (χ0n) is 21.3. The molecule has 1 atom stereocenters. The van der Waals surface area contributed by atoms with Crippen molar-refractivity contribution in [3.8, 4) is 11.3 Å². The molecule has 3 aromatic rings. The molecule has 0 bridgehead atoms. The van der Waals surface area contributed by atoms with Crippen molar-refractivity contribution in [1.29, 1.82) is 0 Å². The van der Waals surface area contributed by atoms with Gasteiger partial charge in [-0.1, -0.05) is 18.6 Å². The number of anilines is 2. The molecule has 3 heterocycles. The van der Waals surface area contributed by atoms with Crippen LogP contribution in [0.1, 0.15) is 60.1 Å². The molecule has 5 rings (SSSR count). The number of rotatable bonds is 7. The molecule has 9 nitrogen and oxygen atoms in total. The Balaban J connectivity index is 0.00000200. The van der Waals surface area contributed by atoms with Crippen LogP contribution in [0.4, 0.5) is 16.4 Å². The monoisotopic (exact) mass is 493 g/mol. The molecule has 1 aromatic carbocycles. The van der Waals surface area contributed by atoms with E-state index in [1.54, 1.807) is 12.4 Å². The van der Waals surface area contributed by atoms with Gasteiger partial charge in [0.25, 0.3) is 0 Å². The minimum Gasteiger partial charge on any atom is -0.372 e. The third kappa shape index (κ3) is 5.51. The molecule has 1 saturated heterocycles. The molecule has 0 saturated carbocycles. The minimum absolute atomic E-state index is 0. The molecule has 2 aromatic heterocycles. The topological polar surface area (TPSA) is 97.2 Å². The molecule has 1 unspecified atom stereocenters. The van der Waals surface area contributed by atoms with Crippen LogP contribution in [-0.4, -0.2) is 56.0 Å². The highest BCUT2D eigenvalue weighted by atomic mass is 16.5. The molecule has 0 spiro atoms. The lowest BCUT2D eigenvalue weighted by Gasteiger charge is -2.40. The van der Waals surface area contributed by atoms with Crippen LogP contribution in [0.15, 0.2) is 42.9 Å². The van der Waals surface area contributed by atoms with Crippen LogP contribution in [0, 0.1) is 0 Å². The number of ether oxygens (including phenoxy) is 1. The van der Waals surface area contributed by atoms with E-state index in [1.165, 1.54) is 11.1 Å². The van der Waals surface area contributed by atoms with Gasteiger partial charge in [-0.3, -0.25) is 4.68 Å². The van der Waals surface area contributed by atoms with Crippen LogP contribution >= 0.6 is 0 Å². The lowest BCUT2D eigenvalue weighted by Crippen LogP contribution is -2.58. The lowest BCUT2D eigenvalue weighted by atomic mass is 9.95. The first-order valence-corrected chi connectivity index (χ1v) is 12.9. The van der Waals surface area contributed by atoms with Gasteiger partial charge in [-0.15, -0.1) is 0 Å². The average Bonchev–Trinajstić information content (AvgIpc) is 3.21. The van der Waals surface area contributed by atoms with E-state index in [2.05, 4.69) is 38.9 Å². The standard InChI is InChI=1S/C27H35N7O2.2H2/c1-4-34-15-21(14-29-34)30-26-28-12-11-24(31-26)20-9-10-23-19(13-20)7-5-6-8-25(23)32-27(35)33-16-22(17-33)36-18(2)3;;/h9-15,18,22,25H,4-8,16-17H2,1-3H3,(H,32,35)(H,28,30,31);2*1H. The van der Waals surface area contributed by atoms with Crippen molar-refractivity contribution >= 4 is 17.7 Å². The SMILES string of the molecule is CCn1cc(Nc2nccc(-c3ccc4c(c3)CCCCC4NC(=O)N3CC(OC(C)C)C3)n2)cn1.[HH].[HH]. The second kappa shape index (κ2) is 10.7. The van der Waals surface area contributed by atoms with E-state index in [0.717, 1.165) is 49.2 Å². The van der Waals surface area contributed by atoms with Crippen LogP contribution in [0.2, 0.25) is 0 Å². The normalized spacial score (nSPS) is 17.9. The number of hydrogen-bond donors (Lipinski definition) is 2. The van der Waals surface area contributed by atoms with Crippen molar-refractivity contribution in [3.05, 3.63) is 54.0 Å². The molecule has 2 N–H and O–H groups in total. The predicted molar refractivity (Wildman–Crippen MR) is 143 cm³/mol. The summed E-state index contributed by atoms with van der Waals surface area (Å²) in [5, 5.41) is 10.8. The smallest absolute Gasteiger partial charge is 0.318 e. The molecule has 2 amide bonds. The number of hydrogen-bond acceptors (Lipinski definition) is 6. The molecular formula is C27H39N7O2. The summed E-state index contributed by atoms with van der Waals surface area (Å²) in [6.45, 7) is 8.23. The van der Waals surface area contributed by atoms with Gasteiger partial charge in [0, 0.05) is 27.4 Å². The van der Waals surface area contributed by atoms with Gasteiger partial charge in [0.15, 0.2) is 0 Å². The highest BCUT2D eigenvalue weighted by molar-refractivity contribution is 5.76. The lowest BCUT2D eigenvalue weighted by molar-refractivity contribution is -0.0644. The Labute approximate surface area is 215 Å². The molecule has 1 fully saturated rings. The van der Waals surface area contributed by atoms with Gasteiger partial charge >= 0.3 is 6.03 Å². The fraction of sp³-hybridized carbons (Fsp3) is 0.481. The summed E-state index contributed by atoms with van der Waals surface area (Å²) in [5.41, 5.74) is 5.25. The number of nitrogens with one attached hydrogen (secondary N) is 2. The minimum atomic E-state index is -0.00144. The number of nitrogens with zero attached hydrogens (tertiary/aromatic N) is 5.